The van der Waals surface area contributed by atoms with E-state index in [2.05, 4.69) is 51.0 Å². The fourth-order valence-electron chi connectivity index (χ4n) is 5.08. The maximum atomic E-state index is 12.5. The van der Waals surface area contributed by atoms with Crippen LogP contribution in [0.15, 0.2) is 24.3 Å². The molecular weight excluding hydrogens is 362 g/mol. The third kappa shape index (κ3) is 4.19. The second-order valence-electron chi connectivity index (χ2n) is 9.20. The van der Waals surface area contributed by atoms with Gasteiger partial charge in [0.25, 0.3) is 0 Å². The number of aryl methyl sites for hydroxylation is 1. The van der Waals surface area contributed by atoms with E-state index in [4.69, 9.17) is 4.98 Å². The number of hydrogen-bond acceptors (Lipinski definition) is 4. The van der Waals surface area contributed by atoms with E-state index in [0.717, 1.165) is 56.9 Å². The third-order valence-electron chi connectivity index (χ3n) is 7.07. The zero-order chi connectivity index (χ0) is 19.8. The molecule has 3 fully saturated rings. The van der Waals surface area contributed by atoms with Crippen molar-refractivity contribution in [2.24, 2.45) is 13.0 Å². The van der Waals surface area contributed by atoms with E-state index in [-0.39, 0.29) is 5.92 Å². The van der Waals surface area contributed by atoms with Crippen LogP contribution in [0.2, 0.25) is 0 Å². The topological polar surface area (TPSA) is 53.4 Å². The maximum absolute atomic E-state index is 12.5. The van der Waals surface area contributed by atoms with Crippen LogP contribution in [0.3, 0.4) is 0 Å². The Hall–Kier alpha value is -1.92. The van der Waals surface area contributed by atoms with Gasteiger partial charge in [0.2, 0.25) is 5.91 Å². The smallest absolute Gasteiger partial charge is 0.224 e. The molecule has 1 amide bonds. The number of nitrogens with zero attached hydrogens (tertiary/aromatic N) is 4. The number of rotatable bonds is 5. The van der Waals surface area contributed by atoms with Gasteiger partial charge >= 0.3 is 0 Å². The lowest BCUT2D eigenvalue weighted by molar-refractivity contribution is -0.127. The van der Waals surface area contributed by atoms with Gasteiger partial charge in [0.1, 0.15) is 5.82 Å². The Labute approximate surface area is 173 Å². The van der Waals surface area contributed by atoms with Gasteiger partial charge in [0, 0.05) is 38.8 Å². The predicted molar refractivity (Wildman–Crippen MR) is 114 cm³/mol. The fourth-order valence-corrected chi connectivity index (χ4v) is 5.08. The first-order valence-electron chi connectivity index (χ1n) is 11.3. The molecule has 1 aromatic carbocycles. The molecule has 6 heteroatoms. The van der Waals surface area contributed by atoms with E-state index >= 15 is 0 Å². The number of carbonyl (C=O) groups excluding carboxylic acids is 1. The minimum atomic E-state index is 0.197. The number of imidazole rings is 1. The Bertz CT molecular complexity index is 865. The number of benzene rings is 1. The number of carbonyl (C=O) groups is 1. The van der Waals surface area contributed by atoms with Gasteiger partial charge in [0.05, 0.1) is 23.5 Å². The molecule has 156 valence electrons. The van der Waals surface area contributed by atoms with Crippen LogP contribution >= 0.6 is 0 Å². The summed E-state index contributed by atoms with van der Waals surface area (Å²) in [7, 11) is 2.12. The van der Waals surface area contributed by atoms with Crippen molar-refractivity contribution in [3.8, 4) is 0 Å². The molecule has 3 heterocycles. The van der Waals surface area contributed by atoms with Gasteiger partial charge in [-0.1, -0.05) is 12.1 Å². The summed E-state index contributed by atoms with van der Waals surface area (Å²) in [4.78, 5) is 22.5. The molecule has 2 saturated heterocycles. The molecule has 29 heavy (non-hydrogen) atoms. The summed E-state index contributed by atoms with van der Waals surface area (Å²) in [5.41, 5.74) is 2.30. The van der Waals surface area contributed by atoms with Crippen LogP contribution in [0.25, 0.3) is 11.0 Å². The lowest BCUT2D eigenvalue weighted by atomic mass is 9.93. The van der Waals surface area contributed by atoms with Crippen LogP contribution < -0.4 is 5.32 Å². The van der Waals surface area contributed by atoms with Crippen molar-refractivity contribution in [1.29, 1.82) is 0 Å². The normalized spacial score (nSPS) is 24.8. The van der Waals surface area contributed by atoms with Gasteiger partial charge in [-0.25, -0.2) is 4.98 Å². The van der Waals surface area contributed by atoms with Gasteiger partial charge in [-0.15, -0.1) is 0 Å². The highest BCUT2D eigenvalue weighted by atomic mass is 16.2. The molecule has 6 nitrogen and oxygen atoms in total. The molecule has 2 aromatic rings. The second-order valence-corrected chi connectivity index (χ2v) is 9.20. The number of para-hydroxylation sites is 2. The Morgan fingerprint density at radius 2 is 1.90 bits per heavy atom. The highest BCUT2D eigenvalue weighted by molar-refractivity contribution is 5.79. The molecule has 1 saturated carbocycles. The van der Waals surface area contributed by atoms with Crippen LogP contribution in [-0.2, 0) is 18.4 Å². The van der Waals surface area contributed by atoms with Crippen molar-refractivity contribution in [3.63, 3.8) is 0 Å². The summed E-state index contributed by atoms with van der Waals surface area (Å²) in [6, 6.07) is 9.48. The van der Waals surface area contributed by atoms with E-state index in [1.54, 1.807) is 0 Å². The van der Waals surface area contributed by atoms with Gasteiger partial charge in [-0.2, -0.15) is 0 Å². The molecule has 1 N–H and O–H groups in total. The van der Waals surface area contributed by atoms with Crippen LogP contribution in [0.1, 0.15) is 44.3 Å². The van der Waals surface area contributed by atoms with Crippen LogP contribution in [0.4, 0.5) is 0 Å². The lowest BCUT2D eigenvalue weighted by Crippen LogP contribution is -2.50. The Balaban J connectivity index is 1.15. The standard InChI is InChI=1S/C23H33N5O/c1-26-21-7-3-2-6-20(21)25-22(26)16-27-13-10-19(11-14-27)28-12-4-5-17(15-28)23(29)24-18-8-9-18/h2-3,6-7,17-19H,4-5,8-16H2,1H3,(H,24,29)/t17-/m0/s1. The van der Waals surface area contributed by atoms with Crippen molar-refractivity contribution in [1.82, 2.24) is 24.7 Å². The molecule has 1 aromatic heterocycles. The quantitative estimate of drug-likeness (QED) is 0.845. The zero-order valence-electron chi connectivity index (χ0n) is 17.5. The number of fused-ring (bicyclic) bond motifs is 1. The number of amides is 1. The minimum absolute atomic E-state index is 0.197. The van der Waals surface area contributed by atoms with Crippen LogP contribution in [0, 0.1) is 5.92 Å². The highest BCUT2D eigenvalue weighted by Crippen LogP contribution is 2.26. The number of aromatic nitrogens is 2. The average molecular weight is 396 g/mol. The van der Waals surface area contributed by atoms with E-state index in [9.17, 15) is 4.79 Å². The number of hydrogen-bond donors (Lipinski definition) is 1. The second kappa shape index (κ2) is 8.07. The summed E-state index contributed by atoms with van der Waals surface area (Å²) in [6.07, 6.45) is 6.95. The number of likely N-dealkylation sites (tertiary alicyclic amines) is 2. The van der Waals surface area contributed by atoms with E-state index < -0.39 is 0 Å². The van der Waals surface area contributed by atoms with Crippen molar-refractivity contribution in [2.75, 3.05) is 26.2 Å². The predicted octanol–water partition coefficient (Wildman–Crippen LogP) is 2.53. The first-order chi connectivity index (χ1) is 14.2. The summed E-state index contributed by atoms with van der Waals surface area (Å²) >= 11 is 0. The maximum Gasteiger partial charge on any atom is 0.224 e. The van der Waals surface area contributed by atoms with Gasteiger partial charge in [-0.05, 0) is 57.2 Å². The van der Waals surface area contributed by atoms with Gasteiger partial charge in [-0.3, -0.25) is 14.6 Å². The molecule has 0 spiro atoms. The largest absolute Gasteiger partial charge is 0.353 e. The summed E-state index contributed by atoms with van der Waals surface area (Å²) in [5.74, 6) is 1.65. The number of nitrogens with one attached hydrogen (secondary N) is 1. The average Bonchev–Trinajstić information content (AvgIpc) is 3.52. The minimum Gasteiger partial charge on any atom is -0.353 e. The van der Waals surface area contributed by atoms with Crippen LogP contribution in [0.5, 0.6) is 0 Å². The molecule has 1 atom stereocenters. The van der Waals surface area contributed by atoms with Crippen LogP contribution in [-0.4, -0.2) is 63.5 Å². The van der Waals surface area contributed by atoms with E-state index in [1.165, 1.54) is 31.2 Å². The van der Waals surface area contributed by atoms with E-state index in [0.29, 0.717) is 18.0 Å². The van der Waals surface area contributed by atoms with E-state index in [1.807, 2.05) is 0 Å². The fraction of sp³-hybridized carbons (Fsp3) is 0.652. The highest BCUT2D eigenvalue weighted by Gasteiger charge is 2.33. The SMILES string of the molecule is Cn1c(CN2CCC(N3CCC[C@H](C(=O)NC4CC4)C3)CC2)nc2ccccc21. The molecule has 0 radical (unpaired) electrons. The van der Waals surface area contributed by atoms with Crippen molar-refractivity contribution >= 4 is 16.9 Å². The monoisotopic (exact) mass is 395 g/mol. The summed E-state index contributed by atoms with van der Waals surface area (Å²) < 4.78 is 2.23. The Morgan fingerprint density at radius 3 is 2.66 bits per heavy atom. The first-order valence-corrected chi connectivity index (χ1v) is 11.3. The molecule has 2 aliphatic heterocycles. The molecule has 3 aliphatic rings. The lowest BCUT2D eigenvalue weighted by Gasteiger charge is -2.42. The summed E-state index contributed by atoms with van der Waals surface area (Å²) in [5, 5.41) is 3.21. The Morgan fingerprint density at radius 1 is 1.10 bits per heavy atom. The van der Waals surface area contributed by atoms with Gasteiger partial charge in [0.15, 0.2) is 0 Å². The molecular formula is C23H33N5O. The molecule has 5 rings (SSSR count). The van der Waals surface area contributed by atoms with Crippen molar-refractivity contribution in [2.45, 2.75) is 57.2 Å². The zero-order valence-corrected chi connectivity index (χ0v) is 17.5. The number of piperidine rings is 2. The van der Waals surface area contributed by atoms with Crippen molar-refractivity contribution < 1.29 is 4.79 Å². The molecule has 0 unspecified atom stereocenters. The summed E-state index contributed by atoms with van der Waals surface area (Å²) in [6.45, 7) is 5.26. The Kier molecular flexibility index (Phi) is 5.31. The molecule has 0 bridgehead atoms. The van der Waals surface area contributed by atoms with Gasteiger partial charge < -0.3 is 9.88 Å². The third-order valence-corrected chi connectivity index (χ3v) is 7.07. The molecule has 1 aliphatic carbocycles. The van der Waals surface area contributed by atoms with Crippen molar-refractivity contribution in [3.05, 3.63) is 30.1 Å². The first kappa shape index (κ1) is 19.1.